The average molecular weight is 262 g/mol. The van der Waals surface area contributed by atoms with Crippen LogP contribution in [0.5, 0.6) is 0 Å². The lowest BCUT2D eigenvalue weighted by Crippen LogP contribution is -2.30. The Morgan fingerprint density at radius 3 is 2.26 bits per heavy atom. The largest absolute Gasteiger partial charge is 0.394 e. The van der Waals surface area contributed by atoms with E-state index in [1.807, 2.05) is 11.7 Å². The number of anilines is 2. The van der Waals surface area contributed by atoms with E-state index in [4.69, 9.17) is 5.73 Å². The molecular formula is C15H26N4. The van der Waals surface area contributed by atoms with Crippen LogP contribution in [0.15, 0.2) is 0 Å². The van der Waals surface area contributed by atoms with Crippen molar-refractivity contribution < 1.29 is 0 Å². The molecule has 1 aromatic heterocycles. The Bertz CT molecular complexity index is 429. The Morgan fingerprint density at radius 2 is 1.79 bits per heavy atom. The number of aromatic nitrogens is 2. The summed E-state index contributed by atoms with van der Waals surface area (Å²) < 4.78 is 2.01. The van der Waals surface area contributed by atoms with E-state index in [-0.39, 0.29) is 0 Å². The fourth-order valence-electron chi connectivity index (χ4n) is 2.85. The van der Waals surface area contributed by atoms with Crippen LogP contribution >= 0.6 is 0 Å². The first-order valence-electron chi connectivity index (χ1n) is 7.75. The molecule has 2 saturated carbocycles. The Kier molecular flexibility index (Phi) is 3.42. The molecule has 1 aromatic rings. The quantitative estimate of drug-likeness (QED) is 0.821. The summed E-state index contributed by atoms with van der Waals surface area (Å²) in [4.78, 5) is 2.51. The lowest BCUT2D eigenvalue weighted by Gasteiger charge is -2.25. The van der Waals surface area contributed by atoms with Gasteiger partial charge in [0.25, 0.3) is 0 Å². The number of rotatable bonds is 7. The number of nitrogens with two attached hydrogens (primary N) is 1. The van der Waals surface area contributed by atoms with Gasteiger partial charge in [-0.1, -0.05) is 13.3 Å². The van der Waals surface area contributed by atoms with Crippen LogP contribution in [-0.2, 0) is 13.5 Å². The maximum Gasteiger partial charge on any atom is 0.150 e. The first kappa shape index (κ1) is 12.8. The van der Waals surface area contributed by atoms with Gasteiger partial charge in [-0.15, -0.1) is 0 Å². The highest BCUT2D eigenvalue weighted by molar-refractivity contribution is 5.66. The molecule has 3 rings (SSSR count). The molecule has 0 bridgehead atoms. The minimum atomic E-state index is 0.891. The van der Waals surface area contributed by atoms with E-state index in [1.54, 1.807) is 0 Å². The van der Waals surface area contributed by atoms with Gasteiger partial charge in [0, 0.05) is 20.1 Å². The van der Waals surface area contributed by atoms with E-state index in [0.29, 0.717) is 0 Å². The summed E-state index contributed by atoms with van der Waals surface area (Å²) in [5.41, 5.74) is 8.36. The van der Waals surface area contributed by atoms with Crippen molar-refractivity contribution in [2.45, 2.75) is 45.4 Å². The van der Waals surface area contributed by atoms with Crippen LogP contribution in [0, 0.1) is 11.8 Å². The van der Waals surface area contributed by atoms with Crippen molar-refractivity contribution in [3.05, 3.63) is 5.69 Å². The third-order valence-corrected chi connectivity index (χ3v) is 4.27. The molecule has 19 heavy (non-hydrogen) atoms. The van der Waals surface area contributed by atoms with Crippen molar-refractivity contribution in [3.63, 3.8) is 0 Å². The van der Waals surface area contributed by atoms with Gasteiger partial charge in [-0.2, -0.15) is 5.10 Å². The van der Waals surface area contributed by atoms with Gasteiger partial charge in [0.15, 0.2) is 0 Å². The standard InChI is InChI=1S/C15H26N4/c1-3-4-13-14(16)15(18(2)17-13)19(9-11-5-6-11)10-12-7-8-12/h11-12H,3-10,16H2,1-2H3. The number of hydrogen-bond donors (Lipinski definition) is 1. The van der Waals surface area contributed by atoms with Gasteiger partial charge in [-0.25, -0.2) is 0 Å². The topological polar surface area (TPSA) is 47.1 Å². The van der Waals surface area contributed by atoms with Gasteiger partial charge < -0.3 is 10.6 Å². The van der Waals surface area contributed by atoms with Crippen molar-refractivity contribution in [3.8, 4) is 0 Å². The van der Waals surface area contributed by atoms with E-state index in [0.717, 1.165) is 36.1 Å². The Labute approximate surface area is 116 Å². The molecule has 0 spiro atoms. The molecule has 4 nitrogen and oxygen atoms in total. The molecule has 0 amide bonds. The van der Waals surface area contributed by atoms with Crippen molar-refractivity contribution in [2.75, 3.05) is 23.7 Å². The zero-order valence-corrected chi connectivity index (χ0v) is 12.2. The molecule has 2 aliphatic rings. The van der Waals surface area contributed by atoms with Gasteiger partial charge >= 0.3 is 0 Å². The molecule has 4 heteroatoms. The van der Waals surface area contributed by atoms with Crippen LogP contribution < -0.4 is 10.6 Å². The van der Waals surface area contributed by atoms with E-state index >= 15 is 0 Å². The summed E-state index contributed by atoms with van der Waals surface area (Å²) in [5.74, 6) is 2.95. The van der Waals surface area contributed by atoms with Crippen molar-refractivity contribution in [1.82, 2.24) is 9.78 Å². The van der Waals surface area contributed by atoms with Crippen LogP contribution in [-0.4, -0.2) is 22.9 Å². The van der Waals surface area contributed by atoms with Gasteiger partial charge in [0.2, 0.25) is 0 Å². The molecular weight excluding hydrogens is 236 g/mol. The lowest BCUT2D eigenvalue weighted by molar-refractivity contribution is 0.638. The van der Waals surface area contributed by atoms with E-state index in [9.17, 15) is 0 Å². The van der Waals surface area contributed by atoms with Gasteiger partial charge in [0.05, 0.1) is 11.4 Å². The van der Waals surface area contributed by atoms with Gasteiger partial charge in [-0.05, 0) is 43.9 Å². The zero-order chi connectivity index (χ0) is 13.4. The predicted octanol–water partition coefficient (Wildman–Crippen LogP) is 2.58. The second kappa shape index (κ2) is 5.06. The summed E-state index contributed by atoms with van der Waals surface area (Å²) >= 11 is 0. The fraction of sp³-hybridized carbons (Fsp3) is 0.800. The third-order valence-electron chi connectivity index (χ3n) is 4.27. The summed E-state index contributed by atoms with van der Waals surface area (Å²) in [5, 5.41) is 4.63. The predicted molar refractivity (Wildman–Crippen MR) is 79.3 cm³/mol. The molecule has 0 atom stereocenters. The minimum Gasteiger partial charge on any atom is -0.394 e. The smallest absolute Gasteiger partial charge is 0.150 e. The summed E-state index contributed by atoms with van der Waals surface area (Å²) in [6.45, 7) is 4.53. The molecule has 2 aliphatic carbocycles. The normalized spacial score (nSPS) is 18.8. The monoisotopic (exact) mass is 262 g/mol. The zero-order valence-electron chi connectivity index (χ0n) is 12.2. The molecule has 0 radical (unpaired) electrons. The molecule has 0 aliphatic heterocycles. The second-order valence-electron chi connectivity index (χ2n) is 6.35. The third kappa shape index (κ3) is 2.88. The average Bonchev–Trinajstić information content (AvgIpc) is 3.24. The van der Waals surface area contributed by atoms with E-state index in [1.165, 1.54) is 44.6 Å². The number of aryl methyl sites for hydroxylation is 2. The highest BCUT2D eigenvalue weighted by Crippen LogP contribution is 2.38. The number of hydrogen-bond acceptors (Lipinski definition) is 3. The molecule has 0 saturated heterocycles. The van der Waals surface area contributed by atoms with E-state index in [2.05, 4.69) is 16.9 Å². The summed E-state index contributed by atoms with van der Waals surface area (Å²) in [7, 11) is 2.04. The lowest BCUT2D eigenvalue weighted by atomic mass is 10.2. The number of nitrogens with zero attached hydrogens (tertiary/aromatic N) is 3. The summed E-state index contributed by atoms with van der Waals surface area (Å²) in [6.07, 6.45) is 7.65. The molecule has 1 heterocycles. The first-order chi connectivity index (χ1) is 9.19. The Balaban J connectivity index is 1.82. The Hall–Kier alpha value is -1.19. The SMILES string of the molecule is CCCc1nn(C)c(N(CC2CC2)CC2CC2)c1N. The van der Waals surface area contributed by atoms with Crippen LogP contribution in [0.3, 0.4) is 0 Å². The number of nitrogen functional groups attached to an aromatic ring is 1. The molecule has 2 fully saturated rings. The molecule has 2 N–H and O–H groups in total. The summed E-state index contributed by atoms with van der Waals surface area (Å²) in [6, 6.07) is 0. The Morgan fingerprint density at radius 1 is 1.21 bits per heavy atom. The highest BCUT2D eigenvalue weighted by atomic mass is 15.4. The first-order valence-corrected chi connectivity index (χ1v) is 7.75. The van der Waals surface area contributed by atoms with Gasteiger partial charge in [-0.3, -0.25) is 4.68 Å². The molecule has 0 unspecified atom stereocenters. The fourth-order valence-corrected chi connectivity index (χ4v) is 2.85. The molecule has 0 aromatic carbocycles. The van der Waals surface area contributed by atoms with Crippen molar-refractivity contribution in [1.29, 1.82) is 0 Å². The van der Waals surface area contributed by atoms with Gasteiger partial charge in [0.1, 0.15) is 5.82 Å². The minimum absolute atomic E-state index is 0.891. The highest BCUT2D eigenvalue weighted by Gasteiger charge is 2.31. The maximum atomic E-state index is 6.36. The molecule has 106 valence electrons. The second-order valence-corrected chi connectivity index (χ2v) is 6.35. The van der Waals surface area contributed by atoms with Crippen LogP contribution in [0.1, 0.15) is 44.7 Å². The van der Waals surface area contributed by atoms with Crippen molar-refractivity contribution in [2.24, 2.45) is 18.9 Å². The van der Waals surface area contributed by atoms with Crippen LogP contribution in [0.2, 0.25) is 0 Å². The maximum absolute atomic E-state index is 6.36. The van der Waals surface area contributed by atoms with E-state index < -0.39 is 0 Å². The van der Waals surface area contributed by atoms with Crippen molar-refractivity contribution >= 4 is 11.5 Å². The van der Waals surface area contributed by atoms with Crippen LogP contribution in [0.25, 0.3) is 0 Å². The van der Waals surface area contributed by atoms with Crippen LogP contribution in [0.4, 0.5) is 11.5 Å².